The average molecular weight is 773 g/mol. The number of esters is 1. The number of carbonyl (C=O) groups excluding carboxylic acids is 2. The highest BCUT2D eigenvalue weighted by Crippen LogP contribution is 2.89. The van der Waals surface area contributed by atoms with Crippen LogP contribution in [0.4, 0.5) is 4.79 Å². The van der Waals surface area contributed by atoms with Crippen molar-refractivity contribution >= 4 is 12.1 Å². The minimum absolute atomic E-state index is 0.0139. The van der Waals surface area contributed by atoms with E-state index in [1.54, 1.807) is 18.7 Å². The number of nitrogens with zero attached hydrogens (tertiary/aromatic N) is 2. The van der Waals surface area contributed by atoms with Crippen molar-refractivity contribution < 1.29 is 43.5 Å². The Morgan fingerprint density at radius 3 is 2.25 bits per heavy atom. The predicted molar refractivity (Wildman–Crippen MR) is 206 cm³/mol. The molecule has 0 aromatic rings. The van der Waals surface area contributed by atoms with Crippen molar-refractivity contribution in [2.24, 2.45) is 50.7 Å². The molecule has 14 atom stereocenters. The molecule has 11 nitrogen and oxygen atoms in total. The van der Waals surface area contributed by atoms with Gasteiger partial charge < -0.3 is 38.8 Å². The number of aliphatic hydroxyl groups is 2. The predicted octanol–water partition coefficient (Wildman–Crippen LogP) is 6.17. The van der Waals surface area contributed by atoms with Crippen LogP contribution >= 0.6 is 0 Å². The number of ether oxygens (including phenoxy) is 5. The van der Waals surface area contributed by atoms with Crippen LogP contribution in [0.25, 0.3) is 0 Å². The third-order valence-corrected chi connectivity index (χ3v) is 17.5. The topological polar surface area (TPSA) is 127 Å². The maximum Gasteiger partial charge on any atom is 0.410 e. The van der Waals surface area contributed by atoms with E-state index in [4.69, 9.17) is 23.7 Å². The second kappa shape index (κ2) is 13.0. The number of carbonyl (C=O) groups is 2. The van der Waals surface area contributed by atoms with E-state index in [0.717, 1.165) is 45.2 Å². The molecule has 3 aliphatic heterocycles. The minimum atomic E-state index is -1.27. The third kappa shape index (κ3) is 5.99. The quantitative estimate of drug-likeness (QED) is 0.303. The average Bonchev–Trinajstić information content (AvgIpc) is 3.68. The number of morpholine rings is 1. The standard InChI is InChI=1S/C44H72N2O9/c1-25-20-28(36(40(8,9)50)52-26(2)47)53-34-33(25)41(10)16-17-44-24-43(44)15-14-31(39(6,7)29(43)12-13-30(44)42(41,11)35(34)48)54-32-23-45(18-19-51-32)27-21-46(22-27)37(49)55-38(3,4)5/h25,27-36,48,50H,12-24H2,1-11H3/t25-,28-,29+,30+,31+,32?,33?,34+,35+,36+,41-,42-,43-,44+/m1/s1. The van der Waals surface area contributed by atoms with Crippen LogP contribution < -0.4 is 0 Å². The van der Waals surface area contributed by atoms with E-state index in [1.165, 1.54) is 19.8 Å². The van der Waals surface area contributed by atoms with Crippen LogP contribution in [-0.4, -0.2) is 119 Å². The molecular weight excluding hydrogens is 700 g/mol. The summed E-state index contributed by atoms with van der Waals surface area (Å²) in [6, 6.07) is 0.302. The van der Waals surface area contributed by atoms with Crippen LogP contribution in [0.5, 0.6) is 0 Å². The van der Waals surface area contributed by atoms with Crippen LogP contribution in [0.3, 0.4) is 0 Å². The molecule has 8 rings (SSSR count). The van der Waals surface area contributed by atoms with Crippen molar-refractivity contribution in [1.82, 2.24) is 9.80 Å². The summed E-state index contributed by atoms with van der Waals surface area (Å²) < 4.78 is 31.4. The van der Waals surface area contributed by atoms with E-state index < -0.39 is 35.5 Å². The van der Waals surface area contributed by atoms with Crippen LogP contribution in [0.1, 0.15) is 128 Å². The molecule has 11 heteroatoms. The molecule has 8 fully saturated rings. The molecule has 3 saturated heterocycles. The fraction of sp³-hybridized carbons (Fsp3) is 0.955. The minimum Gasteiger partial charge on any atom is -0.457 e. The molecule has 3 heterocycles. The first-order valence-corrected chi connectivity index (χ1v) is 21.7. The van der Waals surface area contributed by atoms with Crippen molar-refractivity contribution in [3.63, 3.8) is 0 Å². The van der Waals surface area contributed by atoms with Gasteiger partial charge >= 0.3 is 12.1 Å². The van der Waals surface area contributed by atoms with E-state index in [2.05, 4.69) is 39.5 Å². The van der Waals surface area contributed by atoms with Crippen molar-refractivity contribution in [3.05, 3.63) is 0 Å². The zero-order valence-corrected chi connectivity index (χ0v) is 35.7. The summed E-state index contributed by atoms with van der Waals surface area (Å²) in [5, 5.41) is 23.7. The molecule has 8 aliphatic rings. The molecule has 55 heavy (non-hydrogen) atoms. The lowest BCUT2D eigenvalue weighted by molar-refractivity contribution is -0.253. The summed E-state index contributed by atoms with van der Waals surface area (Å²) in [4.78, 5) is 28.9. The lowest BCUT2D eigenvalue weighted by Gasteiger charge is -2.64. The number of hydrogen-bond donors (Lipinski definition) is 2. The van der Waals surface area contributed by atoms with Crippen LogP contribution in [-0.2, 0) is 28.5 Å². The molecule has 2 spiro atoms. The first kappa shape index (κ1) is 40.3. The van der Waals surface area contributed by atoms with Gasteiger partial charge in [0.1, 0.15) is 5.60 Å². The lowest BCUT2D eigenvalue weighted by atomic mass is 9.41. The van der Waals surface area contributed by atoms with Crippen LogP contribution in [0.2, 0.25) is 0 Å². The Hall–Kier alpha value is -1.50. The Balaban J connectivity index is 0.953. The number of amides is 1. The van der Waals surface area contributed by atoms with Gasteiger partial charge in [-0.1, -0.05) is 34.6 Å². The molecule has 0 aromatic carbocycles. The van der Waals surface area contributed by atoms with Gasteiger partial charge in [0.25, 0.3) is 0 Å². The SMILES string of the molecule is CC(=O)O[C@@H]([C@H]1C[C@@H](C)C2[C@H](O1)[C@H](O)[C@@]1(C)[C@@H]3CC[C@H]4C(C)(C)[C@@H](OC5CN(C6CN(C(=O)OC(C)(C)C)C6)CCO5)CC[C@@]45C[C@@]35CC[C@]21C)C(C)(C)O. The zero-order valence-electron chi connectivity index (χ0n) is 35.7. The van der Waals surface area contributed by atoms with E-state index in [0.29, 0.717) is 44.0 Å². The Labute approximate surface area is 329 Å². The lowest BCUT2D eigenvalue weighted by Crippen LogP contribution is -2.64. The summed E-state index contributed by atoms with van der Waals surface area (Å²) in [7, 11) is 0. The third-order valence-electron chi connectivity index (χ3n) is 17.5. The van der Waals surface area contributed by atoms with Crippen molar-refractivity contribution in [3.8, 4) is 0 Å². The first-order chi connectivity index (χ1) is 25.5. The molecule has 1 amide bonds. The summed E-state index contributed by atoms with van der Waals surface area (Å²) in [6.45, 7) is 26.1. The maximum atomic E-state index is 12.6. The second-order valence-electron chi connectivity index (χ2n) is 22.2. The van der Waals surface area contributed by atoms with Crippen molar-refractivity contribution in [2.75, 3.05) is 32.8 Å². The molecule has 2 unspecified atom stereocenters. The Kier molecular flexibility index (Phi) is 9.52. The second-order valence-corrected chi connectivity index (χ2v) is 22.2. The van der Waals surface area contributed by atoms with Gasteiger partial charge in [-0.15, -0.1) is 0 Å². The molecule has 5 aliphatic carbocycles. The highest BCUT2D eigenvalue weighted by Gasteiger charge is 2.84. The fourth-order valence-electron chi connectivity index (χ4n) is 15.0. The number of aliphatic hydroxyl groups excluding tert-OH is 1. The highest BCUT2D eigenvalue weighted by atomic mass is 16.7. The Bertz CT molecular complexity index is 1520. The van der Waals surface area contributed by atoms with Gasteiger partial charge in [-0.05, 0) is 131 Å². The molecule has 312 valence electrons. The summed E-state index contributed by atoms with van der Waals surface area (Å²) in [6.07, 6.45) is 5.98. The van der Waals surface area contributed by atoms with Crippen molar-refractivity contribution in [1.29, 1.82) is 0 Å². The van der Waals surface area contributed by atoms with Crippen molar-refractivity contribution in [2.45, 2.75) is 182 Å². The summed E-state index contributed by atoms with van der Waals surface area (Å²) >= 11 is 0. The van der Waals surface area contributed by atoms with E-state index in [1.807, 2.05) is 20.8 Å². The maximum absolute atomic E-state index is 12.6. The van der Waals surface area contributed by atoms with E-state index >= 15 is 0 Å². The van der Waals surface area contributed by atoms with Gasteiger partial charge in [-0.3, -0.25) is 9.69 Å². The zero-order chi connectivity index (χ0) is 39.9. The molecule has 0 bridgehead atoms. The van der Waals surface area contributed by atoms with Crippen LogP contribution in [0, 0.1) is 50.7 Å². The molecule has 2 N–H and O–H groups in total. The molecule has 0 radical (unpaired) electrons. The van der Waals surface area contributed by atoms with Gasteiger partial charge in [-0.2, -0.15) is 0 Å². The normalized spacial score (nSPS) is 47.2. The molecule has 0 aromatic heterocycles. The fourth-order valence-corrected chi connectivity index (χ4v) is 15.0. The molecular formula is C44H72N2O9. The molecule has 5 saturated carbocycles. The smallest absolute Gasteiger partial charge is 0.410 e. The van der Waals surface area contributed by atoms with E-state index in [9.17, 15) is 19.8 Å². The first-order valence-electron chi connectivity index (χ1n) is 21.7. The van der Waals surface area contributed by atoms with Gasteiger partial charge in [0, 0.05) is 38.0 Å². The number of hydrogen-bond acceptors (Lipinski definition) is 10. The van der Waals surface area contributed by atoms with Gasteiger partial charge in [0.2, 0.25) is 0 Å². The summed E-state index contributed by atoms with van der Waals surface area (Å²) in [5.41, 5.74) is -1.67. The van der Waals surface area contributed by atoms with Gasteiger partial charge in [0.15, 0.2) is 12.4 Å². The number of fused-ring (bicyclic) bond motifs is 4. The van der Waals surface area contributed by atoms with Gasteiger partial charge in [0.05, 0.1) is 43.2 Å². The summed E-state index contributed by atoms with van der Waals surface area (Å²) in [5.74, 6) is 0.981. The van der Waals surface area contributed by atoms with E-state index in [-0.39, 0.29) is 63.5 Å². The highest BCUT2D eigenvalue weighted by molar-refractivity contribution is 5.69. The Morgan fingerprint density at radius 2 is 1.60 bits per heavy atom. The monoisotopic (exact) mass is 773 g/mol. The van der Waals surface area contributed by atoms with Gasteiger partial charge in [-0.25, -0.2) is 4.79 Å². The Morgan fingerprint density at radius 1 is 0.927 bits per heavy atom. The number of likely N-dealkylation sites (tertiary alicyclic amines) is 1. The van der Waals surface area contributed by atoms with Crippen LogP contribution in [0.15, 0.2) is 0 Å². The largest absolute Gasteiger partial charge is 0.457 e. The number of rotatable bonds is 6.